The van der Waals surface area contributed by atoms with E-state index in [9.17, 15) is 24.3 Å². The van der Waals surface area contributed by atoms with Gasteiger partial charge in [0.15, 0.2) is 11.5 Å². The number of benzene rings is 3. The van der Waals surface area contributed by atoms with Gasteiger partial charge in [0.1, 0.15) is 0 Å². The first kappa shape index (κ1) is 27.8. The van der Waals surface area contributed by atoms with Crippen LogP contribution in [0.2, 0.25) is 0 Å². The van der Waals surface area contributed by atoms with Crippen molar-refractivity contribution in [2.75, 3.05) is 16.9 Å². The number of hydrogen-bond donors (Lipinski definition) is 1. The maximum atomic E-state index is 14.5. The maximum Gasteiger partial charge on any atom is 0.241 e. The molecule has 0 radical (unpaired) electrons. The lowest BCUT2D eigenvalue weighted by atomic mass is 9.51. The summed E-state index contributed by atoms with van der Waals surface area (Å²) in [6.45, 7) is 5.57. The van der Waals surface area contributed by atoms with Crippen molar-refractivity contribution in [3.8, 4) is 11.5 Å². The highest BCUT2D eigenvalue weighted by molar-refractivity contribution is 6.25. The third kappa shape index (κ3) is 3.69. The molecule has 4 amide bonds. The number of allylic oxidation sites excluding steroid dienone is 2. The van der Waals surface area contributed by atoms with E-state index in [0.29, 0.717) is 23.4 Å². The summed E-state index contributed by atoms with van der Waals surface area (Å²) in [5, 5.41) is 11.4. The number of fused-ring (bicyclic) bond motifs is 4. The average molecular weight is 589 g/mol. The van der Waals surface area contributed by atoms with Crippen LogP contribution in [0.1, 0.15) is 36.8 Å². The first-order chi connectivity index (χ1) is 21.2. The van der Waals surface area contributed by atoms with Crippen LogP contribution in [-0.2, 0) is 19.2 Å². The molecule has 3 fully saturated rings. The van der Waals surface area contributed by atoms with Crippen molar-refractivity contribution in [2.45, 2.75) is 25.7 Å². The number of ether oxygens (including phenoxy) is 1. The van der Waals surface area contributed by atoms with Gasteiger partial charge in [-0.2, -0.15) is 0 Å². The largest absolute Gasteiger partial charge is 0.504 e. The van der Waals surface area contributed by atoms with Gasteiger partial charge in [0, 0.05) is 11.5 Å². The molecule has 0 aromatic heterocycles. The molecule has 8 heteroatoms. The quantitative estimate of drug-likeness (QED) is 0.313. The van der Waals surface area contributed by atoms with E-state index in [-0.39, 0.29) is 41.5 Å². The van der Waals surface area contributed by atoms with Gasteiger partial charge < -0.3 is 9.84 Å². The summed E-state index contributed by atoms with van der Waals surface area (Å²) in [6.07, 6.45) is 4.21. The number of rotatable bonds is 5. The molecule has 1 N–H and O–H groups in total. The highest BCUT2D eigenvalue weighted by Gasteiger charge is 2.68. The summed E-state index contributed by atoms with van der Waals surface area (Å²) in [7, 11) is 1.46. The van der Waals surface area contributed by atoms with Gasteiger partial charge in [-0.15, -0.1) is 0 Å². The fraction of sp³-hybridized carbons (Fsp3) is 0.278. The fourth-order valence-electron chi connectivity index (χ4n) is 8.13. The van der Waals surface area contributed by atoms with Crippen molar-refractivity contribution in [1.82, 2.24) is 0 Å². The number of phenols is 1. The number of carbonyl (C=O) groups is 4. The topological polar surface area (TPSA) is 104 Å². The minimum Gasteiger partial charge on any atom is -0.504 e. The number of nitrogens with zero attached hydrogens (tertiary/aromatic N) is 2. The second kappa shape index (κ2) is 10.0. The summed E-state index contributed by atoms with van der Waals surface area (Å²) in [5.41, 5.74) is 1.84. The number of methoxy groups -OCH3 is 1. The average Bonchev–Trinajstić information content (AvgIpc) is 3.41. The predicted octanol–water partition coefficient (Wildman–Crippen LogP) is 5.48. The molecule has 0 bridgehead atoms. The summed E-state index contributed by atoms with van der Waals surface area (Å²) in [4.78, 5) is 59.2. The molecule has 8 nitrogen and oxygen atoms in total. The number of para-hydroxylation sites is 2. The van der Waals surface area contributed by atoms with Crippen molar-refractivity contribution in [3.63, 3.8) is 0 Å². The van der Waals surface area contributed by atoms with E-state index in [1.54, 1.807) is 67.6 Å². The van der Waals surface area contributed by atoms with Crippen LogP contribution in [0.3, 0.4) is 0 Å². The predicted molar refractivity (Wildman–Crippen MR) is 165 cm³/mol. The molecular formula is C36H32N2O6. The molecule has 2 heterocycles. The second-order valence-electron chi connectivity index (χ2n) is 12.2. The molecule has 2 aliphatic heterocycles. The number of anilines is 2. The van der Waals surface area contributed by atoms with Crippen molar-refractivity contribution >= 4 is 41.1 Å². The lowest BCUT2D eigenvalue weighted by molar-refractivity contribution is -0.131. The molecule has 2 aliphatic carbocycles. The molecule has 3 aromatic rings. The van der Waals surface area contributed by atoms with Crippen LogP contribution in [0.25, 0.3) is 6.08 Å². The Morgan fingerprint density at radius 3 is 2.25 bits per heavy atom. The molecule has 0 spiro atoms. The van der Waals surface area contributed by atoms with E-state index in [4.69, 9.17) is 4.74 Å². The van der Waals surface area contributed by atoms with Gasteiger partial charge in [-0.05, 0) is 61.6 Å². The smallest absolute Gasteiger partial charge is 0.241 e. The Bertz CT molecular complexity index is 1760. The summed E-state index contributed by atoms with van der Waals surface area (Å²) in [5.74, 6) is -4.42. The zero-order chi connectivity index (χ0) is 30.9. The number of amides is 4. The number of aromatic hydroxyl groups is 1. The molecule has 0 unspecified atom stereocenters. The zero-order valence-corrected chi connectivity index (χ0v) is 24.5. The SMILES string of the molecule is C=Cc1ccc(N2C(=O)[C@H]3[C@H](CC=C4[C@H]3C[C@H]3C(=O)N(c5ccccc5)C(=O)[C@@]3(C)[C@H]4c3cccc(OC)c3O)C2=O)cc1. The normalized spacial score (nSPS) is 29.2. The number of hydrogen-bond acceptors (Lipinski definition) is 6. The molecule has 44 heavy (non-hydrogen) atoms. The van der Waals surface area contributed by atoms with Crippen molar-refractivity contribution in [1.29, 1.82) is 0 Å². The van der Waals surface area contributed by atoms with E-state index in [1.165, 1.54) is 16.9 Å². The Balaban J connectivity index is 1.37. The summed E-state index contributed by atoms with van der Waals surface area (Å²) in [6, 6.07) is 21.1. The lowest BCUT2D eigenvalue weighted by Crippen LogP contribution is -2.48. The second-order valence-corrected chi connectivity index (χ2v) is 12.2. The lowest BCUT2D eigenvalue weighted by Gasteiger charge is -2.49. The first-order valence-electron chi connectivity index (χ1n) is 14.8. The van der Waals surface area contributed by atoms with Crippen LogP contribution >= 0.6 is 0 Å². The van der Waals surface area contributed by atoms with Crippen LogP contribution in [0.15, 0.2) is 91.0 Å². The number of phenolic OH excluding ortho intramolecular Hbond substituents is 1. The summed E-state index contributed by atoms with van der Waals surface area (Å²) >= 11 is 0. The van der Waals surface area contributed by atoms with E-state index in [1.807, 2.05) is 24.3 Å². The number of carbonyl (C=O) groups excluding carboxylic acids is 4. The van der Waals surface area contributed by atoms with E-state index >= 15 is 0 Å². The summed E-state index contributed by atoms with van der Waals surface area (Å²) < 4.78 is 5.43. The zero-order valence-electron chi connectivity index (χ0n) is 24.5. The van der Waals surface area contributed by atoms with Gasteiger partial charge in [0.25, 0.3) is 0 Å². The highest BCUT2D eigenvalue weighted by atomic mass is 16.5. The third-order valence-electron chi connectivity index (χ3n) is 10.2. The minimum atomic E-state index is -1.25. The Kier molecular flexibility index (Phi) is 6.35. The van der Waals surface area contributed by atoms with E-state index in [2.05, 4.69) is 6.58 Å². The molecule has 1 saturated carbocycles. The van der Waals surface area contributed by atoms with Crippen molar-refractivity contribution in [3.05, 3.63) is 102 Å². The van der Waals surface area contributed by atoms with E-state index in [0.717, 1.165) is 11.1 Å². The van der Waals surface area contributed by atoms with Gasteiger partial charge >= 0.3 is 0 Å². The van der Waals surface area contributed by atoms with Gasteiger partial charge in [-0.3, -0.25) is 24.1 Å². The monoisotopic (exact) mass is 588 g/mol. The van der Waals surface area contributed by atoms with Gasteiger partial charge in [-0.1, -0.05) is 66.8 Å². The Morgan fingerprint density at radius 2 is 1.57 bits per heavy atom. The van der Waals surface area contributed by atoms with Crippen molar-refractivity contribution in [2.24, 2.45) is 29.1 Å². The van der Waals surface area contributed by atoms with Crippen molar-refractivity contribution < 1.29 is 29.0 Å². The van der Waals surface area contributed by atoms with Crippen LogP contribution in [0, 0.1) is 29.1 Å². The molecule has 4 aliphatic rings. The van der Waals surface area contributed by atoms with Gasteiger partial charge in [0.05, 0.1) is 41.7 Å². The van der Waals surface area contributed by atoms with E-state index < -0.39 is 35.0 Å². The Hall–Kier alpha value is -4.98. The number of imide groups is 2. The van der Waals surface area contributed by atoms with Crippen LogP contribution < -0.4 is 14.5 Å². The Labute approximate surface area is 255 Å². The van der Waals surface area contributed by atoms with Gasteiger partial charge in [0.2, 0.25) is 23.6 Å². The fourth-order valence-corrected chi connectivity index (χ4v) is 8.13. The van der Waals surface area contributed by atoms with Crippen LogP contribution in [0.5, 0.6) is 11.5 Å². The molecule has 2 saturated heterocycles. The third-order valence-corrected chi connectivity index (χ3v) is 10.2. The highest BCUT2D eigenvalue weighted by Crippen LogP contribution is 2.64. The van der Waals surface area contributed by atoms with Crippen LogP contribution in [-0.4, -0.2) is 35.8 Å². The molecule has 3 aromatic carbocycles. The molecule has 222 valence electrons. The maximum absolute atomic E-state index is 14.5. The Morgan fingerprint density at radius 1 is 0.864 bits per heavy atom. The van der Waals surface area contributed by atoms with Gasteiger partial charge in [-0.25, -0.2) is 4.90 Å². The standard InChI is InChI=1S/C36H32N2O6/c1-4-20-13-15-22(16-14-20)37-32(40)24-18-17-23-26(29(24)34(37)42)19-27-33(41)38(21-9-6-5-7-10-21)35(43)36(27,2)30(23)25-11-8-12-28(44-3)31(25)39/h4-17,24,26-27,29-30,39H,1,18-19H2,2-3H3/t24-,26+,27-,29-,30+,36+/m0/s1. The molecule has 7 rings (SSSR count). The minimum absolute atomic E-state index is 0.111. The molecule has 6 atom stereocenters. The molecular weight excluding hydrogens is 556 g/mol. The first-order valence-corrected chi connectivity index (χ1v) is 14.8. The van der Waals surface area contributed by atoms with Crippen LogP contribution in [0.4, 0.5) is 11.4 Å².